The maximum absolute atomic E-state index is 12.0. The third-order valence-corrected chi connectivity index (χ3v) is 3.45. The van der Waals surface area contributed by atoms with Crippen LogP contribution in [0, 0.1) is 6.92 Å². The summed E-state index contributed by atoms with van der Waals surface area (Å²) in [6, 6.07) is 15.6. The number of carbonyl (C=O) groups excluding carboxylic acids is 1. The summed E-state index contributed by atoms with van der Waals surface area (Å²) in [6.07, 6.45) is 2.01. The van der Waals surface area contributed by atoms with Gasteiger partial charge in [-0.1, -0.05) is 43.3 Å². The van der Waals surface area contributed by atoms with Crippen molar-refractivity contribution in [3.05, 3.63) is 65.2 Å². The zero-order valence-corrected chi connectivity index (χ0v) is 13.7. The molecule has 0 aliphatic carbocycles. The molecule has 4 nitrogen and oxygen atoms in total. The van der Waals surface area contributed by atoms with Crippen LogP contribution in [0.3, 0.4) is 0 Å². The molecule has 0 aliphatic rings. The van der Waals surface area contributed by atoms with E-state index in [0.29, 0.717) is 5.75 Å². The van der Waals surface area contributed by atoms with E-state index in [0.717, 1.165) is 17.5 Å². The van der Waals surface area contributed by atoms with Gasteiger partial charge in [0.05, 0.1) is 6.21 Å². The molecule has 0 bridgehead atoms. The maximum atomic E-state index is 12.0. The van der Waals surface area contributed by atoms with Crippen molar-refractivity contribution < 1.29 is 9.53 Å². The van der Waals surface area contributed by atoms with Crippen molar-refractivity contribution in [3.8, 4) is 5.75 Å². The molecule has 0 unspecified atom stereocenters. The van der Waals surface area contributed by atoms with Gasteiger partial charge in [-0.3, -0.25) is 4.79 Å². The fraction of sp³-hybridized carbons (Fsp3) is 0.263. The van der Waals surface area contributed by atoms with Gasteiger partial charge in [0.2, 0.25) is 0 Å². The van der Waals surface area contributed by atoms with Crippen LogP contribution in [0.2, 0.25) is 0 Å². The van der Waals surface area contributed by atoms with Crippen LogP contribution in [0.5, 0.6) is 5.75 Å². The number of nitrogens with zero attached hydrogens (tertiary/aromatic N) is 1. The monoisotopic (exact) mass is 310 g/mol. The zero-order chi connectivity index (χ0) is 16.7. The first kappa shape index (κ1) is 16.7. The highest BCUT2D eigenvalue weighted by molar-refractivity contribution is 5.84. The van der Waals surface area contributed by atoms with Crippen molar-refractivity contribution >= 4 is 12.1 Å². The van der Waals surface area contributed by atoms with Crippen LogP contribution in [0.15, 0.2) is 53.6 Å². The number of aryl methyl sites for hydroxylation is 2. The summed E-state index contributed by atoms with van der Waals surface area (Å²) in [5.74, 6) is 0.389. The third-order valence-electron chi connectivity index (χ3n) is 3.45. The van der Waals surface area contributed by atoms with Gasteiger partial charge in [-0.05, 0) is 49.1 Å². The molecule has 0 saturated carbocycles. The van der Waals surface area contributed by atoms with E-state index >= 15 is 0 Å². The molecule has 0 aromatic heterocycles. The average molecular weight is 310 g/mol. The van der Waals surface area contributed by atoms with Crippen molar-refractivity contribution in [2.75, 3.05) is 0 Å². The zero-order valence-electron chi connectivity index (χ0n) is 13.7. The Morgan fingerprint density at radius 1 is 1.26 bits per heavy atom. The van der Waals surface area contributed by atoms with Crippen LogP contribution in [0.25, 0.3) is 0 Å². The summed E-state index contributed by atoms with van der Waals surface area (Å²) in [5.41, 5.74) is 5.80. The van der Waals surface area contributed by atoms with Crippen LogP contribution in [-0.2, 0) is 11.2 Å². The summed E-state index contributed by atoms with van der Waals surface area (Å²) in [7, 11) is 0. The molecule has 2 rings (SSSR count). The number of ether oxygens (including phenoxy) is 1. The fourth-order valence-electron chi connectivity index (χ4n) is 2.05. The van der Waals surface area contributed by atoms with Crippen LogP contribution >= 0.6 is 0 Å². The first-order valence-electron chi connectivity index (χ1n) is 7.73. The SMILES string of the molecule is CCc1ccc(/C=N/NC(=O)[C@H](C)Oc2cccc(C)c2)cc1. The van der Waals surface area contributed by atoms with Gasteiger partial charge >= 0.3 is 0 Å². The van der Waals surface area contributed by atoms with E-state index in [1.54, 1.807) is 13.1 Å². The fourth-order valence-corrected chi connectivity index (χ4v) is 2.05. The second kappa shape index (κ2) is 8.13. The minimum absolute atomic E-state index is 0.284. The normalized spacial score (nSPS) is 12.1. The summed E-state index contributed by atoms with van der Waals surface area (Å²) in [4.78, 5) is 12.0. The van der Waals surface area contributed by atoms with Crippen molar-refractivity contribution in [1.82, 2.24) is 5.43 Å². The smallest absolute Gasteiger partial charge is 0.280 e. The molecule has 120 valence electrons. The molecule has 2 aromatic rings. The molecule has 1 N–H and O–H groups in total. The Balaban J connectivity index is 1.86. The Bertz CT molecular complexity index is 678. The molecule has 0 aliphatic heterocycles. The lowest BCUT2D eigenvalue weighted by atomic mass is 10.1. The van der Waals surface area contributed by atoms with Gasteiger partial charge in [-0.25, -0.2) is 5.43 Å². The Morgan fingerprint density at radius 2 is 2.00 bits per heavy atom. The molecule has 0 spiro atoms. The number of hydrogen-bond acceptors (Lipinski definition) is 3. The third kappa shape index (κ3) is 5.25. The van der Waals surface area contributed by atoms with Crippen molar-refractivity contribution in [2.45, 2.75) is 33.3 Å². The van der Waals surface area contributed by atoms with E-state index in [4.69, 9.17) is 4.74 Å². The lowest BCUT2D eigenvalue weighted by Gasteiger charge is -2.13. The van der Waals surface area contributed by atoms with Gasteiger partial charge in [-0.2, -0.15) is 5.10 Å². The summed E-state index contributed by atoms with van der Waals surface area (Å²) in [6.45, 7) is 5.79. The van der Waals surface area contributed by atoms with Crippen LogP contribution < -0.4 is 10.2 Å². The number of rotatable bonds is 6. The van der Waals surface area contributed by atoms with Crippen LogP contribution in [-0.4, -0.2) is 18.2 Å². The number of hydrogen-bond donors (Lipinski definition) is 1. The summed E-state index contributed by atoms with van der Waals surface area (Å²) < 4.78 is 5.60. The molecule has 0 fully saturated rings. The predicted molar refractivity (Wildman–Crippen MR) is 92.8 cm³/mol. The molecule has 0 saturated heterocycles. The molecule has 0 heterocycles. The molecular weight excluding hydrogens is 288 g/mol. The van der Waals surface area contributed by atoms with Crippen LogP contribution in [0.4, 0.5) is 0 Å². The largest absolute Gasteiger partial charge is 0.481 e. The number of benzene rings is 2. The number of carbonyl (C=O) groups is 1. The molecule has 1 atom stereocenters. The van der Waals surface area contributed by atoms with Gasteiger partial charge in [-0.15, -0.1) is 0 Å². The van der Waals surface area contributed by atoms with E-state index in [1.807, 2.05) is 55.5 Å². The van der Waals surface area contributed by atoms with Gasteiger partial charge in [0.25, 0.3) is 5.91 Å². The topological polar surface area (TPSA) is 50.7 Å². The highest BCUT2D eigenvalue weighted by Gasteiger charge is 2.13. The molecule has 0 radical (unpaired) electrons. The van der Waals surface area contributed by atoms with Gasteiger partial charge in [0, 0.05) is 0 Å². The minimum Gasteiger partial charge on any atom is -0.481 e. The highest BCUT2D eigenvalue weighted by atomic mass is 16.5. The Hall–Kier alpha value is -2.62. The second-order valence-corrected chi connectivity index (χ2v) is 5.41. The summed E-state index contributed by atoms with van der Waals surface area (Å²) >= 11 is 0. The standard InChI is InChI=1S/C19H22N2O2/c1-4-16-8-10-17(11-9-16)13-20-21-19(22)15(3)23-18-7-5-6-14(2)12-18/h5-13,15H,4H2,1-3H3,(H,21,22)/b20-13+/t15-/m0/s1. The van der Waals surface area contributed by atoms with E-state index in [-0.39, 0.29) is 5.91 Å². The van der Waals surface area contributed by atoms with Crippen LogP contribution in [0.1, 0.15) is 30.5 Å². The van der Waals surface area contributed by atoms with E-state index in [2.05, 4.69) is 17.5 Å². The van der Waals surface area contributed by atoms with Gasteiger partial charge in [0.15, 0.2) is 6.10 Å². The molecule has 2 aromatic carbocycles. The lowest BCUT2D eigenvalue weighted by molar-refractivity contribution is -0.127. The Morgan fingerprint density at radius 3 is 2.65 bits per heavy atom. The van der Waals surface area contributed by atoms with E-state index in [1.165, 1.54) is 5.56 Å². The number of nitrogens with one attached hydrogen (secondary N) is 1. The first-order valence-corrected chi connectivity index (χ1v) is 7.73. The maximum Gasteiger partial charge on any atom is 0.280 e. The molecule has 4 heteroatoms. The van der Waals surface area contributed by atoms with E-state index < -0.39 is 6.10 Å². The van der Waals surface area contributed by atoms with Crippen molar-refractivity contribution in [3.63, 3.8) is 0 Å². The van der Waals surface area contributed by atoms with Crippen molar-refractivity contribution in [2.24, 2.45) is 5.10 Å². The highest BCUT2D eigenvalue weighted by Crippen LogP contribution is 2.14. The van der Waals surface area contributed by atoms with E-state index in [9.17, 15) is 4.79 Å². The lowest BCUT2D eigenvalue weighted by Crippen LogP contribution is -2.33. The first-order chi connectivity index (χ1) is 11.1. The van der Waals surface area contributed by atoms with Gasteiger partial charge in [0.1, 0.15) is 5.75 Å². The van der Waals surface area contributed by atoms with Crippen molar-refractivity contribution in [1.29, 1.82) is 0 Å². The Kier molecular flexibility index (Phi) is 5.92. The second-order valence-electron chi connectivity index (χ2n) is 5.41. The van der Waals surface area contributed by atoms with Gasteiger partial charge < -0.3 is 4.74 Å². The molecule has 1 amide bonds. The molecule has 23 heavy (non-hydrogen) atoms. The predicted octanol–water partition coefficient (Wildman–Crippen LogP) is 3.48. The minimum atomic E-state index is -0.614. The summed E-state index contributed by atoms with van der Waals surface area (Å²) in [5, 5.41) is 3.97. The Labute approximate surface area is 137 Å². The average Bonchev–Trinajstić information content (AvgIpc) is 2.55. The molecular formula is C19H22N2O2. The number of amides is 1. The quantitative estimate of drug-likeness (QED) is 0.656. The number of hydrazone groups is 1.